The summed E-state index contributed by atoms with van der Waals surface area (Å²) in [6, 6.07) is 7.78. The van der Waals surface area contributed by atoms with E-state index >= 15 is 0 Å². The highest BCUT2D eigenvalue weighted by Gasteiger charge is 2.40. The van der Waals surface area contributed by atoms with E-state index in [1.54, 1.807) is 0 Å². The molecule has 0 aliphatic carbocycles. The number of rotatable bonds is 4. The van der Waals surface area contributed by atoms with Crippen LogP contribution in [-0.4, -0.2) is 47.5 Å². The zero-order chi connectivity index (χ0) is 17.7. The highest BCUT2D eigenvalue weighted by atomic mass is 32.1. The summed E-state index contributed by atoms with van der Waals surface area (Å²) in [7, 11) is 1.87. The van der Waals surface area contributed by atoms with Gasteiger partial charge >= 0.3 is 0 Å². The molecule has 6 nitrogen and oxygen atoms in total. The van der Waals surface area contributed by atoms with Gasteiger partial charge in [0.2, 0.25) is 6.29 Å². The summed E-state index contributed by atoms with van der Waals surface area (Å²) in [4.78, 5) is 6.30. The van der Waals surface area contributed by atoms with Gasteiger partial charge < -0.3 is 10.3 Å². The van der Waals surface area contributed by atoms with Crippen molar-refractivity contribution >= 4 is 26.7 Å². The van der Waals surface area contributed by atoms with Crippen molar-refractivity contribution in [2.24, 2.45) is 5.73 Å². The largest absolute Gasteiger partial charge is 0.623 e. The Balaban J connectivity index is 0.000000256. The number of nitrogens with two attached hydrogens (primary N) is 1. The zero-order valence-electron chi connectivity index (χ0n) is 14.7. The van der Waals surface area contributed by atoms with Gasteiger partial charge in [0.05, 0.1) is 22.9 Å². The SMILES string of the molecule is CCCCC(C)O.CN1CC[N+]([O-])(c2nc3ccccc3s2)C1N. The van der Waals surface area contributed by atoms with Gasteiger partial charge in [-0.3, -0.25) is 10.4 Å². The van der Waals surface area contributed by atoms with Gasteiger partial charge in [0.25, 0.3) is 5.13 Å². The average Bonchev–Trinajstić information content (AvgIpc) is 3.11. The third kappa shape index (κ3) is 4.30. The topological polar surface area (TPSA) is 85.4 Å². The number of aliphatic hydroxyl groups is 1. The van der Waals surface area contributed by atoms with E-state index < -0.39 is 10.9 Å². The normalized spacial score (nSPS) is 25.5. The minimum Gasteiger partial charge on any atom is -0.623 e. The molecule has 2 aromatic rings. The smallest absolute Gasteiger partial charge is 0.289 e. The van der Waals surface area contributed by atoms with Gasteiger partial charge in [-0.15, -0.1) is 0 Å². The Bertz CT molecular complexity index is 615. The van der Waals surface area contributed by atoms with Crippen molar-refractivity contribution in [2.75, 3.05) is 20.1 Å². The molecular weight excluding hydrogens is 324 g/mol. The zero-order valence-corrected chi connectivity index (χ0v) is 15.5. The number of hydroxylamine groups is 2. The van der Waals surface area contributed by atoms with Crippen molar-refractivity contribution in [2.45, 2.75) is 45.5 Å². The fourth-order valence-corrected chi connectivity index (χ4v) is 3.68. The number of nitrogens with zero attached hydrogens (tertiary/aromatic N) is 3. The summed E-state index contributed by atoms with van der Waals surface area (Å²) in [6.45, 7) is 5.14. The van der Waals surface area contributed by atoms with Crippen LogP contribution in [0.4, 0.5) is 5.13 Å². The minimum absolute atomic E-state index is 0.0973. The van der Waals surface area contributed by atoms with Gasteiger partial charge in [0.15, 0.2) is 0 Å². The van der Waals surface area contributed by atoms with Gasteiger partial charge in [0.1, 0.15) is 6.54 Å². The number of unbranched alkanes of at least 4 members (excludes halogenated alkanes) is 1. The maximum absolute atomic E-state index is 12.7. The molecular formula is C17H28N4O2S. The summed E-state index contributed by atoms with van der Waals surface area (Å²) in [5.74, 6) is 0. The van der Waals surface area contributed by atoms with Crippen LogP contribution < -0.4 is 10.4 Å². The number of likely N-dealkylation sites (N-methyl/N-ethyl adjacent to an activating group) is 1. The molecule has 1 aromatic carbocycles. The number of thiazole rings is 1. The molecule has 3 atom stereocenters. The molecule has 7 heteroatoms. The van der Waals surface area contributed by atoms with Crippen LogP contribution in [-0.2, 0) is 0 Å². The molecule has 0 saturated carbocycles. The maximum atomic E-state index is 12.7. The lowest BCUT2D eigenvalue weighted by molar-refractivity contribution is 0.181. The fraction of sp³-hybridized carbons (Fsp3) is 0.588. The maximum Gasteiger partial charge on any atom is 0.289 e. The lowest BCUT2D eigenvalue weighted by Crippen LogP contribution is -2.56. The van der Waals surface area contributed by atoms with Gasteiger partial charge in [-0.05, 0) is 32.5 Å². The molecule has 0 radical (unpaired) electrons. The first-order valence-corrected chi connectivity index (χ1v) is 9.29. The molecule has 3 N–H and O–H groups in total. The Hall–Kier alpha value is -1.09. The summed E-state index contributed by atoms with van der Waals surface area (Å²) in [6.07, 6.45) is 2.65. The van der Waals surface area contributed by atoms with Crippen LogP contribution in [0.5, 0.6) is 0 Å². The second-order valence-corrected chi connectivity index (χ2v) is 7.38. The van der Waals surface area contributed by atoms with Crippen LogP contribution in [0, 0.1) is 5.21 Å². The monoisotopic (exact) mass is 352 g/mol. The molecule has 0 spiro atoms. The van der Waals surface area contributed by atoms with E-state index in [0.717, 1.165) is 23.1 Å². The average molecular weight is 353 g/mol. The van der Waals surface area contributed by atoms with Crippen molar-refractivity contribution in [1.29, 1.82) is 0 Å². The Labute approximate surface area is 147 Å². The molecule has 0 amide bonds. The second-order valence-electron chi connectivity index (χ2n) is 6.37. The predicted molar refractivity (Wildman–Crippen MR) is 101 cm³/mol. The van der Waals surface area contributed by atoms with Crippen LogP contribution in [0.15, 0.2) is 24.3 Å². The summed E-state index contributed by atoms with van der Waals surface area (Å²) in [5.41, 5.74) is 6.84. The number of benzene rings is 1. The van der Waals surface area contributed by atoms with E-state index in [4.69, 9.17) is 10.8 Å². The number of quaternary nitrogens is 1. The Morgan fingerprint density at radius 3 is 2.71 bits per heavy atom. The van der Waals surface area contributed by atoms with E-state index in [0.29, 0.717) is 18.2 Å². The Morgan fingerprint density at radius 2 is 2.21 bits per heavy atom. The number of para-hydroxylation sites is 1. The van der Waals surface area contributed by atoms with E-state index in [-0.39, 0.29) is 6.10 Å². The molecule has 1 fully saturated rings. The van der Waals surface area contributed by atoms with Crippen LogP contribution in [0.2, 0.25) is 0 Å². The Morgan fingerprint density at radius 1 is 1.50 bits per heavy atom. The highest BCUT2D eigenvalue weighted by Crippen LogP contribution is 2.35. The lowest BCUT2D eigenvalue weighted by Gasteiger charge is -2.39. The molecule has 0 bridgehead atoms. The lowest BCUT2D eigenvalue weighted by atomic mass is 10.2. The summed E-state index contributed by atoms with van der Waals surface area (Å²) < 4.78 is 0.508. The van der Waals surface area contributed by atoms with Gasteiger partial charge in [-0.1, -0.05) is 43.2 Å². The number of fused-ring (bicyclic) bond motifs is 1. The van der Waals surface area contributed by atoms with Crippen molar-refractivity contribution in [1.82, 2.24) is 14.5 Å². The molecule has 2 heterocycles. The van der Waals surface area contributed by atoms with E-state index in [9.17, 15) is 5.21 Å². The Kier molecular flexibility index (Phi) is 6.68. The summed E-state index contributed by atoms with van der Waals surface area (Å²) in [5, 5.41) is 22.0. The van der Waals surface area contributed by atoms with Crippen LogP contribution >= 0.6 is 11.3 Å². The third-order valence-electron chi connectivity index (χ3n) is 4.25. The molecule has 134 valence electrons. The predicted octanol–water partition coefficient (Wildman–Crippen LogP) is 2.85. The second kappa shape index (κ2) is 8.33. The van der Waals surface area contributed by atoms with Crippen LogP contribution in [0.25, 0.3) is 10.2 Å². The molecule has 24 heavy (non-hydrogen) atoms. The molecule has 1 aromatic heterocycles. The van der Waals surface area contributed by atoms with E-state index in [1.807, 2.05) is 43.1 Å². The third-order valence-corrected chi connectivity index (χ3v) is 5.39. The number of hydrogen-bond acceptors (Lipinski definition) is 6. The first kappa shape index (κ1) is 19.2. The van der Waals surface area contributed by atoms with Crippen molar-refractivity contribution in [3.8, 4) is 0 Å². The first-order valence-electron chi connectivity index (χ1n) is 8.47. The molecule has 3 unspecified atom stereocenters. The van der Waals surface area contributed by atoms with E-state index in [2.05, 4.69) is 11.9 Å². The first-order chi connectivity index (χ1) is 11.4. The quantitative estimate of drug-likeness (QED) is 0.653. The van der Waals surface area contributed by atoms with Gasteiger partial charge in [-0.2, -0.15) is 4.98 Å². The number of hydrogen-bond donors (Lipinski definition) is 2. The van der Waals surface area contributed by atoms with Crippen molar-refractivity contribution in [3.05, 3.63) is 29.5 Å². The number of aromatic nitrogens is 1. The molecule has 1 aliphatic heterocycles. The van der Waals surface area contributed by atoms with Gasteiger partial charge in [-0.25, -0.2) is 4.90 Å². The van der Waals surface area contributed by atoms with Crippen LogP contribution in [0.1, 0.15) is 33.1 Å². The number of aliphatic hydroxyl groups excluding tert-OH is 1. The molecule has 1 aliphatic rings. The van der Waals surface area contributed by atoms with Crippen molar-refractivity contribution < 1.29 is 5.11 Å². The van der Waals surface area contributed by atoms with Crippen LogP contribution in [0.3, 0.4) is 0 Å². The van der Waals surface area contributed by atoms with Gasteiger partial charge in [0, 0.05) is 0 Å². The fourth-order valence-electron chi connectivity index (χ4n) is 2.62. The minimum atomic E-state index is -0.546. The summed E-state index contributed by atoms with van der Waals surface area (Å²) >= 11 is 1.44. The highest BCUT2D eigenvalue weighted by molar-refractivity contribution is 7.22. The van der Waals surface area contributed by atoms with Crippen molar-refractivity contribution in [3.63, 3.8) is 0 Å². The molecule has 1 saturated heterocycles. The van der Waals surface area contributed by atoms with E-state index in [1.165, 1.54) is 17.8 Å². The standard InChI is InChI=1S/C11H14N4OS.C6H14O/c1-14-6-7-15(16,10(14)12)11-13-8-4-2-3-5-9(8)17-11;1-3-4-5-6(2)7/h2-5,10H,6-7,12H2,1H3;6-7H,3-5H2,1-2H3. The molecule has 3 rings (SSSR count).